The van der Waals surface area contributed by atoms with Crippen molar-refractivity contribution in [2.24, 2.45) is 0 Å². The van der Waals surface area contributed by atoms with Crippen LogP contribution < -0.4 is 10.1 Å². The summed E-state index contributed by atoms with van der Waals surface area (Å²) in [6.07, 6.45) is 1.22. The Morgan fingerprint density at radius 3 is 2.31 bits per heavy atom. The molecule has 2 amide bonds. The van der Waals surface area contributed by atoms with Gasteiger partial charge in [-0.1, -0.05) is 83.0 Å². The van der Waals surface area contributed by atoms with Crippen molar-refractivity contribution in [3.05, 3.63) is 100 Å². The van der Waals surface area contributed by atoms with Crippen LogP contribution in [0.25, 0.3) is 0 Å². The number of rotatable bonds is 11. The standard InChI is InChI=1S/C29H33BrN2O3/c1-4-22(3)31-29(34)27(18-23-10-6-5-7-11-23)32(19-24-12-8-9-21(2)17-24)28(33)20-35-26-15-13-25(30)14-16-26/h5-17,22,27H,4,18-20H2,1-3H3,(H,31,34). The number of carbonyl (C=O) groups is 2. The van der Waals surface area contributed by atoms with Crippen LogP contribution in [0.1, 0.15) is 37.0 Å². The van der Waals surface area contributed by atoms with E-state index in [0.717, 1.165) is 27.6 Å². The summed E-state index contributed by atoms with van der Waals surface area (Å²) in [6.45, 7) is 6.17. The number of carbonyl (C=O) groups excluding carboxylic acids is 2. The number of amides is 2. The van der Waals surface area contributed by atoms with Gasteiger partial charge in [0.05, 0.1) is 0 Å². The molecule has 35 heavy (non-hydrogen) atoms. The van der Waals surface area contributed by atoms with E-state index in [2.05, 4.69) is 21.2 Å². The molecular formula is C29H33BrN2O3. The third kappa shape index (κ3) is 8.25. The summed E-state index contributed by atoms with van der Waals surface area (Å²) in [4.78, 5) is 28.7. The van der Waals surface area contributed by atoms with Crippen LogP contribution in [0, 0.1) is 6.92 Å². The van der Waals surface area contributed by atoms with Gasteiger partial charge >= 0.3 is 0 Å². The fourth-order valence-corrected chi connectivity index (χ4v) is 4.03. The van der Waals surface area contributed by atoms with Crippen LogP contribution in [0.3, 0.4) is 0 Å². The van der Waals surface area contributed by atoms with Gasteiger partial charge in [-0.25, -0.2) is 0 Å². The lowest BCUT2D eigenvalue weighted by atomic mass is 10.0. The summed E-state index contributed by atoms with van der Waals surface area (Å²) in [5.74, 6) is 0.197. The van der Waals surface area contributed by atoms with E-state index in [1.54, 1.807) is 17.0 Å². The zero-order valence-electron chi connectivity index (χ0n) is 20.5. The Morgan fingerprint density at radius 1 is 0.971 bits per heavy atom. The first-order valence-electron chi connectivity index (χ1n) is 11.9. The Hall–Kier alpha value is -3.12. The first kappa shape index (κ1) is 26.5. The second-order valence-electron chi connectivity index (χ2n) is 8.78. The van der Waals surface area contributed by atoms with Crippen LogP contribution in [0.15, 0.2) is 83.3 Å². The number of hydrogen-bond donors (Lipinski definition) is 1. The Kier molecular flexibility index (Phi) is 9.91. The predicted molar refractivity (Wildman–Crippen MR) is 143 cm³/mol. The number of hydrogen-bond acceptors (Lipinski definition) is 3. The van der Waals surface area contributed by atoms with E-state index >= 15 is 0 Å². The van der Waals surface area contributed by atoms with Crippen molar-refractivity contribution in [2.75, 3.05) is 6.61 Å². The molecule has 0 aliphatic heterocycles. The van der Waals surface area contributed by atoms with E-state index in [4.69, 9.17) is 4.74 Å². The average molecular weight is 537 g/mol. The minimum atomic E-state index is -0.673. The third-order valence-electron chi connectivity index (χ3n) is 5.88. The topological polar surface area (TPSA) is 58.6 Å². The van der Waals surface area contributed by atoms with E-state index in [9.17, 15) is 9.59 Å². The lowest BCUT2D eigenvalue weighted by Gasteiger charge is -2.32. The molecule has 0 saturated heterocycles. The van der Waals surface area contributed by atoms with Crippen molar-refractivity contribution in [1.29, 1.82) is 0 Å². The molecule has 184 valence electrons. The van der Waals surface area contributed by atoms with Crippen molar-refractivity contribution in [1.82, 2.24) is 10.2 Å². The maximum absolute atomic E-state index is 13.6. The third-order valence-corrected chi connectivity index (χ3v) is 6.41. The zero-order valence-corrected chi connectivity index (χ0v) is 22.1. The number of aryl methyl sites for hydroxylation is 1. The van der Waals surface area contributed by atoms with Crippen molar-refractivity contribution >= 4 is 27.7 Å². The van der Waals surface area contributed by atoms with Gasteiger partial charge in [-0.2, -0.15) is 0 Å². The minimum Gasteiger partial charge on any atom is -0.484 e. The maximum atomic E-state index is 13.6. The van der Waals surface area contributed by atoms with Crippen LogP contribution >= 0.6 is 15.9 Å². The summed E-state index contributed by atoms with van der Waals surface area (Å²) in [5, 5.41) is 3.08. The molecule has 2 atom stereocenters. The Bertz CT molecular complexity index is 1100. The highest BCUT2D eigenvalue weighted by Gasteiger charge is 2.31. The molecule has 0 spiro atoms. The second-order valence-corrected chi connectivity index (χ2v) is 9.69. The fourth-order valence-electron chi connectivity index (χ4n) is 3.76. The number of benzene rings is 3. The molecule has 0 radical (unpaired) electrons. The smallest absolute Gasteiger partial charge is 0.261 e. The highest BCUT2D eigenvalue weighted by atomic mass is 79.9. The summed E-state index contributed by atoms with van der Waals surface area (Å²) >= 11 is 3.41. The van der Waals surface area contributed by atoms with Gasteiger partial charge in [0.25, 0.3) is 5.91 Å². The van der Waals surface area contributed by atoms with Crippen LogP contribution in [0.4, 0.5) is 0 Å². The van der Waals surface area contributed by atoms with Gasteiger partial charge < -0.3 is 15.0 Å². The molecule has 0 aliphatic rings. The number of nitrogens with zero attached hydrogens (tertiary/aromatic N) is 1. The van der Waals surface area contributed by atoms with E-state index in [1.165, 1.54) is 0 Å². The normalized spacial score (nSPS) is 12.5. The number of halogens is 1. The molecular weight excluding hydrogens is 504 g/mol. The molecule has 0 aromatic heterocycles. The van der Waals surface area contributed by atoms with E-state index in [-0.39, 0.29) is 24.5 Å². The van der Waals surface area contributed by atoms with Crippen LogP contribution in [0.2, 0.25) is 0 Å². The Labute approximate surface area is 216 Å². The predicted octanol–water partition coefficient (Wildman–Crippen LogP) is 5.69. The molecule has 0 aliphatic carbocycles. The van der Waals surface area contributed by atoms with Crippen molar-refractivity contribution < 1.29 is 14.3 Å². The van der Waals surface area contributed by atoms with Crippen LogP contribution in [-0.4, -0.2) is 35.4 Å². The number of ether oxygens (including phenoxy) is 1. The molecule has 2 unspecified atom stereocenters. The summed E-state index contributed by atoms with van der Waals surface area (Å²) in [6, 6.07) is 24.5. The zero-order chi connectivity index (χ0) is 25.2. The van der Waals surface area contributed by atoms with E-state index < -0.39 is 6.04 Å². The summed E-state index contributed by atoms with van der Waals surface area (Å²) in [7, 11) is 0. The molecule has 3 aromatic rings. The maximum Gasteiger partial charge on any atom is 0.261 e. The first-order valence-corrected chi connectivity index (χ1v) is 12.7. The highest BCUT2D eigenvalue weighted by Crippen LogP contribution is 2.19. The lowest BCUT2D eigenvalue weighted by molar-refractivity contribution is -0.143. The molecule has 0 heterocycles. The van der Waals surface area contributed by atoms with Gasteiger partial charge in [-0.05, 0) is 55.7 Å². The molecule has 6 heteroatoms. The summed E-state index contributed by atoms with van der Waals surface area (Å²) < 4.78 is 6.74. The molecule has 3 rings (SSSR count). The van der Waals surface area contributed by atoms with Crippen molar-refractivity contribution in [2.45, 2.75) is 52.2 Å². The van der Waals surface area contributed by atoms with Crippen molar-refractivity contribution in [3.8, 4) is 5.75 Å². The molecule has 0 bridgehead atoms. The monoisotopic (exact) mass is 536 g/mol. The first-order chi connectivity index (χ1) is 16.9. The summed E-state index contributed by atoms with van der Waals surface area (Å²) in [5.41, 5.74) is 3.06. The molecule has 3 aromatic carbocycles. The molecule has 0 fully saturated rings. The SMILES string of the molecule is CCC(C)NC(=O)C(Cc1ccccc1)N(Cc1cccc(C)c1)C(=O)COc1ccc(Br)cc1. The molecule has 1 N–H and O–H groups in total. The number of nitrogens with one attached hydrogen (secondary N) is 1. The van der Waals surface area contributed by atoms with Crippen molar-refractivity contribution in [3.63, 3.8) is 0 Å². The largest absolute Gasteiger partial charge is 0.484 e. The highest BCUT2D eigenvalue weighted by molar-refractivity contribution is 9.10. The van der Waals surface area contributed by atoms with Crippen LogP contribution in [-0.2, 0) is 22.6 Å². The van der Waals surface area contributed by atoms with Gasteiger partial charge in [0.1, 0.15) is 11.8 Å². The van der Waals surface area contributed by atoms with Gasteiger partial charge in [0, 0.05) is 23.5 Å². The average Bonchev–Trinajstić information content (AvgIpc) is 2.86. The minimum absolute atomic E-state index is 0.00992. The molecule has 5 nitrogen and oxygen atoms in total. The quantitative estimate of drug-likeness (QED) is 0.342. The van der Waals surface area contributed by atoms with Gasteiger partial charge in [0.15, 0.2) is 6.61 Å². The second kappa shape index (κ2) is 13.1. The Morgan fingerprint density at radius 2 is 1.66 bits per heavy atom. The van der Waals surface area contributed by atoms with Gasteiger partial charge in [0.2, 0.25) is 5.91 Å². The lowest BCUT2D eigenvalue weighted by Crippen LogP contribution is -2.53. The van der Waals surface area contributed by atoms with E-state index in [0.29, 0.717) is 18.7 Å². The van der Waals surface area contributed by atoms with Gasteiger partial charge in [-0.15, -0.1) is 0 Å². The van der Waals surface area contributed by atoms with E-state index in [1.807, 2.05) is 87.5 Å². The van der Waals surface area contributed by atoms with Gasteiger partial charge in [-0.3, -0.25) is 9.59 Å². The molecule has 0 saturated carbocycles. The van der Waals surface area contributed by atoms with Crippen LogP contribution in [0.5, 0.6) is 5.75 Å². The Balaban J connectivity index is 1.90. The fraction of sp³-hybridized carbons (Fsp3) is 0.310.